The van der Waals surface area contributed by atoms with Crippen LogP contribution in [0.3, 0.4) is 0 Å². The molecule has 5 amide bonds. The van der Waals surface area contributed by atoms with Gasteiger partial charge in [-0.05, 0) is 91.8 Å². The van der Waals surface area contributed by atoms with Gasteiger partial charge in [0.05, 0.1) is 39.8 Å². The van der Waals surface area contributed by atoms with Gasteiger partial charge in [-0.2, -0.15) is 13.2 Å². The number of halogens is 6. The highest BCUT2D eigenvalue weighted by Crippen LogP contribution is 2.42. The van der Waals surface area contributed by atoms with Crippen molar-refractivity contribution in [3.05, 3.63) is 134 Å². The van der Waals surface area contributed by atoms with E-state index in [4.69, 9.17) is 11.6 Å². The topological polar surface area (TPSA) is 182 Å². The third kappa shape index (κ3) is 14.1. The Balaban J connectivity index is 0.861. The van der Waals surface area contributed by atoms with Gasteiger partial charge in [-0.25, -0.2) is 13.8 Å². The van der Waals surface area contributed by atoms with E-state index in [1.54, 1.807) is 16.8 Å². The van der Waals surface area contributed by atoms with Crippen molar-refractivity contribution in [2.75, 3.05) is 18.4 Å². The summed E-state index contributed by atoms with van der Waals surface area (Å²) < 4.78 is 69.8. The van der Waals surface area contributed by atoms with Crippen LogP contribution in [0.15, 0.2) is 78.3 Å². The monoisotopic (exact) mass is 1080 g/mol. The van der Waals surface area contributed by atoms with Gasteiger partial charge in [-0.15, -0.1) is 11.3 Å². The Bertz CT molecular complexity index is 2910. The summed E-state index contributed by atoms with van der Waals surface area (Å²) in [6.45, 7) is 9.55. The number of hydrogen-bond donors (Lipinski definition) is 6. The van der Waals surface area contributed by atoms with Crippen LogP contribution in [0, 0.1) is 24.0 Å². The summed E-state index contributed by atoms with van der Waals surface area (Å²) in [5.41, 5.74) is 2.71. The second-order valence-corrected chi connectivity index (χ2v) is 21.5. The Morgan fingerprint density at radius 1 is 0.893 bits per heavy atom. The minimum absolute atomic E-state index is 0.000250. The van der Waals surface area contributed by atoms with Crippen LogP contribution in [0.5, 0.6) is 0 Å². The van der Waals surface area contributed by atoms with E-state index in [9.17, 15) is 51.0 Å². The lowest BCUT2D eigenvalue weighted by atomic mass is 9.85. The molecule has 6 N–H and O–H groups in total. The first kappa shape index (κ1) is 56.3. The molecule has 5 aromatic rings. The average Bonchev–Trinajstić information content (AvgIpc) is 4.06. The molecule has 0 bridgehead atoms. The highest BCUT2D eigenvalue weighted by atomic mass is 35.5. The molecule has 7 rings (SSSR count). The van der Waals surface area contributed by atoms with Crippen LogP contribution in [0.4, 0.5) is 33.3 Å². The first-order chi connectivity index (χ1) is 35.5. The molecular weight excluding hydrogens is 1020 g/mol. The Hall–Kier alpha value is -6.44. The molecule has 2 aliphatic rings. The number of thiazole rings is 1. The van der Waals surface area contributed by atoms with E-state index >= 15 is 0 Å². The number of aryl methyl sites for hydroxylation is 1. The van der Waals surface area contributed by atoms with Gasteiger partial charge in [0.15, 0.2) is 0 Å². The van der Waals surface area contributed by atoms with Gasteiger partial charge in [0, 0.05) is 64.6 Å². The smallest absolute Gasteiger partial charge is 0.391 e. The molecule has 5 atom stereocenters. The van der Waals surface area contributed by atoms with E-state index in [-0.39, 0.29) is 82.4 Å². The first-order valence-corrected chi connectivity index (χ1v) is 26.2. The maximum absolute atomic E-state index is 14.5. The van der Waals surface area contributed by atoms with Crippen LogP contribution in [-0.2, 0) is 20.6 Å². The predicted octanol–water partition coefficient (Wildman–Crippen LogP) is 10.9. The molecule has 1 fully saturated rings. The zero-order valence-electron chi connectivity index (χ0n) is 42.2. The van der Waals surface area contributed by atoms with E-state index in [2.05, 4.69) is 31.6 Å². The van der Waals surface area contributed by atoms with E-state index in [0.29, 0.717) is 25.0 Å². The number of benzene rings is 4. The number of aromatic nitrogens is 1. The van der Waals surface area contributed by atoms with Crippen LogP contribution < -0.4 is 26.6 Å². The molecule has 400 valence electrons. The number of fused-ring (bicyclic) bond motifs is 1. The van der Waals surface area contributed by atoms with Crippen molar-refractivity contribution in [3.8, 4) is 10.4 Å². The quantitative estimate of drug-likeness (QED) is 0.0329. The fourth-order valence-corrected chi connectivity index (χ4v) is 10.5. The number of amides is 5. The van der Waals surface area contributed by atoms with Crippen LogP contribution in [0.2, 0.25) is 5.02 Å². The molecule has 0 radical (unpaired) electrons. The molecule has 0 saturated carbocycles. The number of aliphatic hydroxyl groups excluding tert-OH is 1. The first-order valence-electron chi connectivity index (χ1n) is 24.9. The number of aliphatic hydroxyl groups is 1. The summed E-state index contributed by atoms with van der Waals surface area (Å²) in [7, 11) is 0. The molecule has 13 nitrogen and oxygen atoms in total. The van der Waals surface area contributed by atoms with Crippen molar-refractivity contribution in [2.24, 2.45) is 5.41 Å². The number of nitrogens with one attached hydrogen (secondary N) is 5. The third-order valence-corrected chi connectivity index (χ3v) is 14.8. The van der Waals surface area contributed by atoms with Crippen molar-refractivity contribution in [1.29, 1.82) is 0 Å². The second kappa shape index (κ2) is 24.0. The van der Waals surface area contributed by atoms with Crippen molar-refractivity contribution in [3.63, 3.8) is 0 Å². The minimum Gasteiger partial charge on any atom is -0.391 e. The normalized spacial score (nSPS) is 17.3. The van der Waals surface area contributed by atoms with Crippen LogP contribution in [-0.4, -0.2) is 75.8 Å². The average molecular weight is 1080 g/mol. The molecule has 1 aromatic heterocycles. The molecule has 20 heteroatoms. The molecule has 4 aromatic carbocycles. The van der Waals surface area contributed by atoms with Gasteiger partial charge in [0.25, 0.3) is 11.8 Å². The van der Waals surface area contributed by atoms with E-state index in [0.717, 1.165) is 72.0 Å². The minimum atomic E-state index is -4.87. The van der Waals surface area contributed by atoms with Gasteiger partial charge in [-0.1, -0.05) is 88.7 Å². The van der Waals surface area contributed by atoms with Gasteiger partial charge in [0.1, 0.15) is 23.7 Å². The Morgan fingerprint density at radius 2 is 1.59 bits per heavy atom. The fraction of sp³-hybridized carbons (Fsp3) is 0.418. The SMILES string of the molecule is Cc1ncsc1-c1ccc([C@H](C)NC(=O)[C@@H]2C[C@@H](O)CN2C(=O)[C@@H](NC(=O)CCCCCCCCCNC(=O)c2cc(Nc3cc(F)cc(C(F)(F)F)c3)c3c(c2)C(=O)NC3c2cc(F)ccc2Cl)C(C)(C)C)cc1. The number of β-amino-alcohol motifs (C(OH)–C–C–N with tert-alkyl or cyclic N) is 1. The standard InChI is InChI=1S/C55H61ClF5N7O6S/c1-30(32-14-16-33(17-15-32)48-31(2)63-29-75-48)64-52(73)44-27-39(69)28-68(44)53(74)49(54(3,4)5)66-45(70)13-11-9-7-6-8-10-12-20-62-50(71)34-21-41-46(47(67-51(41)72)40-26-36(57)18-19-42(40)56)43(22-34)65-38-24-35(55(59,60)61)23-37(58)25-38/h14-19,21-26,29-30,39,44,47,49,65,69H,6-13,20,27-28H2,1-5H3,(H,62,71)(H,64,73)(H,66,70)(H,67,72)/t30-,39+,44-,47?,49+/m0/s1. The van der Waals surface area contributed by atoms with Gasteiger partial charge in [0.2, 0.25) is 17.7 Å². The molecule has 75 heavy (non-hydrogen) atoms. The molecule has 1 saturated heterocycles. The lowest BCUT2D eigenvalue weighted by Gasteiger charge is -2.35. The number of unbranched alkanes of at least 4 members (excludes halogenated alkanes) is 6. The summed E-state index contributed by atoms with van der Waals surface area (Å²) in [6, 6.07) is 12.6. The summed E-state index contributed by atoms with van der Waals surface area (Å²) in [5, 5.41) is 25.0. The Labute approximate surface area is 441 Å². The summed E-state index contributed by atoms with van der Waals surface area (Å²) >= 11 is 7.95. The number of hydrogen-bond acceptors (Lipinski definition) is 9. The van der Waals surface area contributed by atoms with E-state index in [1.807, 2.05) is 58.9 Å². The summed E-state index contributed by atoms with van der Waals surface area (Å²) in [5.74, 6) is -4.16. The number of alkyl halides is 3. The molecule has 1 unspecified atom stereocenters. The lowest BCUT2D eigenvalue weighted by Crippen LogP contribution is -2.57. The molecule has 3 heterocycles. The number of likely N-dealkylation sites (tertiary alicyclic amines) is 1. The van der Waals surface area contributed by atoms with Crippen LogP contribution >= 0.6 is 22.9 Å². The third-order valence-electron chi connectivity index (χ3n) is 13.5. The van der Waals surface area contributed by atoms with Crippen molar-refractivity contribution >= 4 is 63.8 Å². The zero-order chi connectivity index (χ0) is 54.4. The van der Waals surface area contributed by atoms with Gasteiger partial charge in [-0.3, -0.25) is 24.0 Å². The Morgan fingerprint density at radius 3 is 2.25 bits per heavy atom. The predicted molar refractivity (Wildman–Crippen MR) is 277 cm³/mol. The van der Waals surface area contributed by atoms with Crippen molar-refractivity contribution in [2.45, 2.75) is 129 Å². The zero-order valence-corrected chi connectivity index (χ0v) is 43.8. The summed E-state index contributed by atoms with van der Waals surface area (Å²) in [6.07, 6.45) is -0.277. The van der Waals surface area contributed by atoms with Crippen LogP contribution in [0.1, 0.15) is 146 Å². The van der Waals surface area contributed by atoms with Crippen molar-refractivity contribution < 1.29 is 51.0 Å². The Kier molecular flexibility index (Phi) is 18.0. The number of carbonyl (C=O) groups excluding carboxylic acids is 5. The van der Waals surface area contributed by atoms with E-state index < -0.39 is 70.7 Å². The largest absolute Gasteiger partial charge is 0.416 e. The second-order valence-electron chi connectivity index (χ2n) is 20.3. The van der Waals surface area contributed by atoms with Crippen LogP contribution in [0.25, 0.3) is 10.4 Å². The highest BCUT2D eigenvalue weighted by molar-refractivity contribution is 7.13. The summed E-state index contributed by atoms with van der Waals surface area (Å²) in [4.78, 5) is 74.6. The highest BCUT2D eigenvalue weighted by Gasteiger charge is 2.45. The van der Waals surface area contributed by atoms with Crippen molar-refractivity contribution in [1.82, 2.24) is 31.2 Å². The number of rotatable bonds is 20. The fourth-order valence-electron chi connectivity index (χ4n) is 9.46. The number of carbonyl (C=O) groups is 5. The number of anilines is 2. The van der Waals surface area contributed by atoms with Gasteiger partial charge < -0.3 is 36.6 Å². The molecular formula is C55H61ClF5N7O6S. The van der Waals surface area contributed by atoms with E-state index in [1.165, 1.54) is 23.1 Å². The van der Waals surface area contributed by atoms with Gasteiger partial charge >= 0.3 is 6.18 Å². The maximum atomic E-state index is 14.5. The molecule has 0 spiro atoms. The lowest BCUT2D eigenvalue weighted by molar-refractivity contribution is -0.144. The maximum Gasteiger partial charge on any atom is 0.416 e. The molecule has 0 aliphatic carbocycles. The number of nitrogens with zero attached hydrogens (tertiary/aromatic N) is 2. The molecule has 2 aliphatic heterocycles.